The van der Waals surface area contributed by atoms with Crippen LogP contribution in [0.5, 0.6) is 0 Å². The molecule has 0 spiro atoms. The maximum atomic E-state index is 12.3. The molecular formula is C17H19N5O2. The zero-order chi connectivity index (χ0) is 17.3. The van der Waals surface area contributed by atoms with Crippen molar-refractivity contribution in [3.05, 3.63) is 47.7 Å². The molecule has 1 N–H and O–H groups in total. The van der Waals surface area contributed by atoms with Gasteiger partial charge in [0.05, 0.1) is 0 Å². The molecule has 2 aromatic heterocycles. The van der Waals surface area contributed by atoms with Crippen LogP contribution in [0.1, 0.15) is 36.7 Å². The van der Waals surface area contributed by atoms with Crippen LogP contribution in [0.3, 0.4) is 0 Å². The molecule has 3 aromatic rings. The Bertz CT molecular complexity index is 856. The van der Waals surface area contributed by atoms with Gasteiger partial charge in [0, 0.05) is 18.8 Å². The summed E-state index contributed by atoms with van der Waals surface area (Å²) in [6.45, 7) is 6.37. The van der Waals surface area contributed by atoms with Crippen LogP contribution in [0.25, 0.3) is 11.6 Å². The molecule has 7 heteroatoms. The van der Waals surface area contributed by atoms with Gasteiger partial charge in [-0.1, -0.05) is 38.0 Å². The molecule has 0 radical (unpaired) electrons. The molecule has 0 aliphatic carbocycles. The maximum Gasteiger partial charge on any atom is 0.322 e. The van der Waals surface area contributed by atoms with Crippen molar-refractivity contribution in [2.45, 2.75) is 26.2 Å². The molecule has 0 saturated heterocycles. The number of benzene rings is 1. The summed E-state index contributed by atoms with van der Waals surface area (Å²) in [5.74, 6) is -0.0411. The van der Waals surface area contributed by atoms with E-state index in [4.69, 9.17) is 4.42 Å². The Morgan fingerprint density at radius 3 is 2.42 bits per heavy atom. The standard InChI is InChI=1S/C17H19N5O2/c1-17(2,3)12-7-5-11(6-8-12)14(23)18-16-20-19-15(24-16)13-9-10-22(4)21-13/h5-10H,1-4H3,(H,18,20,23). The predicted molar refractivity (Wildman–Crippen MR) is 89.6 cm³/mol. The number of aromatic nitrogens is 4. The second kappa shape index (κ2) is 5.92. The maximum absolute atomic E-state index is 12.3. The number of hydrogen-bond donors (Lipinski definition) is 1. The van der Waals surface area contributed by atoms with Crippen LogP contribution in [0.4, 0.5) is 6.01 Å². The fraction of sp³-hybridized carbons (Fsp3) is 0.294. The number of anilines is 1. The number of nitrogens with zero attached hydrogens (tertiary/aromatic N) is 4. The Morgan fingerprint density at radius 1 is 1.12 bits per heavy atom. The Balaban J connectivity index is 1.72. The minimum absolute atomic E-state index is 0.0408. The first kappa shape index (κ1) is 15.9. The van der Waals surface area contributed by atoms with Gasteiger partial charge in [-0.05, 0) is 29.2 Å². The molecule has 1 amide bonds. The summed E-state index contributed by atoms with van der Waals surface area (Å²) in [4.78, 5) is 12.3. The van der Waals surface area contributed by atoms with Gasteiger partial charge < -0.3 is 4.42 Å². The van der Waals surface area contributed by atoms with E-state index in [2.05, 4.69) is 41.4 Å². The van der Waals surface area contributed by atoms with Crippen LogP contribution in [0, 0.1) is 0 Å². The second-order valence-electron chi connectivity index (χ2n) is 6.57. The molecule has 124 valence electrons. The van der Waals surface area contributed by atoms with Gasteiger partial charge in [0.1, 0.15) is 5.69 Å². The van der Waals surface area contributed by atoms with E-state index in [-0.39, 0.29) is 23.2 Å². The van der Waals surface area contributed by atoms with E-state index in [9.17, 15) is 4.79 Å². The number of aryl methyl sites for hydroxylation is 1. The molecule has 24 heavy (non-hydrogen) atoms. The number of carbonyl (C=O) groups excluding carboxylic acids is 1. The molecule has 1 aromatic carbocycles. The average Bonchev–Trinajstić information content (AvgIpc) is 3.15. The van der Waals surface area contributed by atoms with Gasteiger partial charge in [-0.2, -0.15) is 5.10 Å². The molecule has 0 fully saturated rings. The molecule has 0 saturated carbocycles. The van der Waals surface area contributed by atoms with Crippen LogP contribution in [0.15, 0.2) is 40.9 Å². The number of nitrogens with one attached hydrogen (secondary N) is 1. The normalized spacial score (nSPS) is 11.5. The Labute approximate surface area is 139 Å². The largest absolute Gasteiger partial charge is 0.401 e. The Morgan fingerprint density at radius 2 is 1.83 bits per heavy atom. The Hall–Kier alpha value is -2.96. The van der Waals surface area contributed by atoms with Crippen LogP contribution in [-0.4, -0.2) is 25.9 Å². The SMILES string of the molecule is Cn1ccc(-c2nnc(NC(=O)c3ccc(C(C)(C)C)cc3)o2)n1. The number of rotatable bonds is 3. The number of amides is 1. The number of carbonyl (C=O) groups is 1. The van der Waals surface area contributed by atoms with Crippen molar-refractivity contribution in [2.24, 2.45) is 7.05 Å². The van der Waals surface area contributed by atoms with Crippen LogP contribution < -0.4 is 5.32 Å². The molecule has 0 bridgehead atoms. The first-order valence-corrected chi connectivity index (χ1v) is 7.58. The fourth-order valence-electron chi connectivity index (χ4n) is 2.20. The van der Waals surface area contributed by atoms with Crippen molar-refractivity contribution in [1.82, 2.24) is 20.0 Å². The summed E-state index contributed by atoms with van der Waals surface area (Å²) in [5, 5.41) is 14.5. The highest BCUT2D eigenvalue weighted by Crippen LogP contribution is 2.22. The lowest BCUT2D eigenvalue weighted by atomic mass is 9.87. The van der Waals surface area contributed by atoms with Gasteiger partial charge >= 0.3 is 6.01 Å². The monoisotopic (exact) mass is 325 g/mol. The Kier molecular flexibility index (Phi) is 3.92. The highest BCUT2D eigenvalue weighted by molar-refractivity contribution is 6.03. The second-order valence-corrected chi connectivity index (χ2v) is 6.57. The molecule has 0 atom stereocenters. The lowest BCUT2D eigenvalue weighted by Crippen LogP contribution is -2.14. The first-order chi connectivity index (χ1) is 11.3. The van der Waals surface area contributed by atoms with E-state index >= 15 is 0 Å². The fourth-order valence-corrected chi connectivity index (χ4v) is 2.20. The predicted octanol–water partition coefficient (Wildman–Crippen LogP) is 3.02. The zero-order valence-electron chi connectivity index (χ0n) is 14.1. The van der Waals surface area contributed by atoms with Crippen molar-refractivity contribution in [3.63, 3.8) is 0 Å². The molecule has 7 nitrogen and oxygen atoms in total. The van der Waals surface area contributed by atoms with Gasteiger partial charge in [0.2, 0.25) is 0 Å². The molecule has 2 heterocycles. The zero-order valence-corrected chi connectivity index (χ0v) is 14.1. The van der Waals surface area contributed by atoms with E-state index in [1.807, 2.05) is 12.1 Å². The van der Waals surface area contributed by atoms with Crippen molar-refractivity contribution in [2.75, 3.05) is 5.32 Å². The first-order valence-electron chi connectivity index (χ1n) is 7.58. The van der Waals surface area contributed by atoms with Crippen LogP contribution in [0.2, 0.25) is 0 Å². The molecule has 0 unspecified atom stereocenters. The third-order valence-corrected chi connectivity index (χ3v) is 3.59. The minimum Gasteiger partial charge on any atom is -0.401 e. The van der Waals surface area contributed by atoms with E-state index < -0.39 is 0 Å². The molecule has 0 aliphatic heterocycles. The van der Waals surface area contributed by atoms with Crippen molar-refractivity contribution in [3.8, 4) is 11.6 Å². The van der Waals surface area contributed by atoms with Crippen molar-refractivity contribution >= 4 is 11.9 Å². The van der Waals surface area contributed by atoms with E-state index in [1.54, 1.807) is 36.1 Å². The van der Waals surface area contributed by atoms with E-state index in [0.717, 1.165) is 5.56 Å². The third kappa shape index (κ3) is 3.34. The van der Waals surface area contributed by atoms with Crippen LogP contribution in [-0.2, 0) is 12.5 Å². The summed E-state index contributed by atoms with van der Waals surface area (Å²) >= 11 is 0. The lowest BCUT2D eigenvalue weighted by Gasteiger charge is -2.18. The quantitative estimate of drug-likeness (QED) is 0.800. The number of hydrogen-bond acceptors (Lipinski definition) is 5. The summed E-state index contributed by atoms with van der Waals surface area (Å²) in [7, 11) is 1.80. The van der Waals surface area contributed by atoms with Crippen molar-refractivity contribution in [1.29, 1.82) is 0 Å². The van der Waals surface area contributed by atoms with Crippen molar-refractivity contribution < 1.29 is 9.21 Å². The molecule has 0 aliphatic rings. The average molecular weight is 325 g/mol. The summed E-state index contributed by atoms with van der Waals surface area (Å²) < 4.78 is 7.06. The molecule has 3 rings (SSSR count). The molecular weight excluding hydrogens is 306 g/mol. The van der Waals surface area contributed by atoms with E-state index in [0.29, 0.717) is 11.3 Å². The third-order valence-electron chi connectivity index (χ3n) is 3.59. The lowest BCUT2D eigenvalue weighted by molar-refractivity contribution is 0.102. The van der Waals surface area contributed by atoms with Gasteiger partial charge in [-0.3, -0.25) is 14.8 Å². The topological polar surface area (TPSA) is 85.8 Å². The van der Waals surface area contributed by atoms with Crippen LogP contribution >= 0.6 is 0 Å². The smallest absolute Gasteiger partial charge is 0.322 e. The summed E-state index contributed by atoms with van der Waals surface area (Å²) in [6, 6.07) is 9.26. The van der Waals surface area contributed by atoms with Gasteiger partial charge in [-0.15, -0.1) is 5.10 Å². The minimum atomic E-state index is -0.299. The van der Waals surface area contributed by atoms with Gasteiger partial charge in [-0.25, -0.2) is 0 Å². The summed E-state index contributed by atoms with van der Waals surface area (Å²) in [6.07, 6.45) is 1.77. The van der Waals surface area contributed by atoms with E-state index in [1.165, 1.54) is 0 Å². The highest BCUT2D eigenvalue weighted by atomic mass is 16.4. The van der Waals surface area contributed by atoms with Gasteiger partial charge in [0.25, 0.3) is 11.8 Å². The summed E-state index contributed by atoms with van der Waals surface area (Å²) in [5.41, 5.74) is 2.29. The highest BCUT2D eigenvalue weighted by Gasteiger charge is 2.16. The van der Waals surface area contributed by atoms with Gasteiger partial charge in [0.15, 0.2) is 0 Å².